The fourth-order valence-electron chi connectivity index (χ4n) is 1.98. The van der Waals surface area contributed by atoms with E-state index in [2.05, 4.69) is 5.10 Å². The van der Waals surface area contributed by atoms with Gasteiger partial charge in [0.1, 0.15) is 6.54 Å². The van der Waals surface area contributed by atoms with Crippen LogP contribution in [0.2, 0.25) is 10.0 Å². The molecule has 0 spiro atoms. The predicted octanol–water partition coefficient (Wildman–Crippen LogP) is 2.99. The molecule has 0 aliphatic carbocycles. The Morgan fingerprint density at radius 2 is 2.19 bits per heavy atom. The molecule has 1 amide bonds. The summed E-state index contributed by atoms with van der Waals surface area (Å²) in [4.78, 5) is 13.9. The van der Waals surface area contributed by atoms with Crippen LogP contribution in [0.15, 0.2) is 30.6 Å². The Labute approximate surface area is 133 Å². The molecule has 0 aliphatic rings. The maximum Gasteiger partial charge on any atom is 0.244 e. The third-order valence-electron chi connectivity index (χ3n) is 3.34. The number of hydrogen-bond acceptors (Lipinski definition) is 3. The molecule has 0 radical (unpaired) electrons. The van der Waals surface area contributed by atoms with Crippen LogP contribution < -0.4 is 5.73 Å². The highest BCUT2D eigenvalue weighted by molar-refractivity contribution is 6.35. The zero-order chi connectivity index (χ0) is 15.6. The minimum absolute atomic E-state index is 0.0865. The fourth-order valence-corrected chi connectivity index (χ4v) is 2.55. The minimum Gasteiger partial charge on any atom is -0.396 e. The number of aromatic nitrogens is 2. The monoisotopic (exact) mass is 326 g/mol. The second kappa shape index (κ2) is 6.37. The normalized spacial score (nSPS) is 12.2. The van der Waals surface area contributed by atoms with Crippen LogP contribution in [-0.4, -0.2) is 27.6 Å². The van der Waals surface area contributed by atoms with E-state index in [1.807, 2.05) is 13.0 Å². The Balaban J connectivity index is 2.10. The maximum absolute atomic E-state index is 12.3. The van der Waals surface area contributed by atoms with Gasteiger partial charge in [-0.2, -0.15) is 5.10 Å². The summed E-state index contributed by atoms with van der Waals surface area (Å²) in [5.41, 5.74) is 6.95. The number of nitrogens with two attached hydrogens (primary N) is 1. The number of halogens is 2. The van der Waals surface area contributed by atoms with E-state index < -0.39 is 0 Å². The molecule has 7 heteroatoms. The van der Waals surface area contributed by atoms with Gasteiger partial charge in [0.15, 0.2) is 0 Å². The highest BCUT2D eigenvalue weighted by atomic mass is 35.5. The molecule has 0 fully saturated rings. The van der Waals surface area contributed by atoms with Gasteiger partial charge >= 0.3 is 0 Å². The number of rotatable bonds is 4. The molecule has 0 saturated carbocycles. The molecule has 2 aromatic rings. The lowest BCUT2D eigenvalue weighted by atomic mass is 10.1. The maximum atomic E-state index is 12.3. The molecule has 1 aromatic carbocycles. The first kappa shape index (κ1) is 15.7. The molecule has 21 heavy (non-hydrogen) atoms. The molecule has 2 N–H and O–H groups in total. The van der Waals surface area contributed by atoms with Gasteiger partial charge in [0.25, 0.3) is 0 Å². The molecule has 2 rings (SSSR count). The zero-order valence-corrected chi connectivity index (χ0v) is 13.3. The Hall–Kier alpha value is -1.72. The van der Waals surface area contributed by atoms with E-state index in [-0.39, 0.29) is 18.5 Å². The Morgan fingerprint density at radius 1 is 1.48 bits per heavy atom. The number of anilines is 1. The largest absolute Gasteiger partial charge is 0.396 e. The van der Waals surface area contributed by atoms with Crippen LogP contribution in [0.3, 0.4) is 0 Å². The SMILES string of the molecule is CC(c1ccc(Cl)cc1Cl)N(C)C(=O)Cn1cc(N)cn1. The van der Waals surface area contributed by atoms with Crippen LogP contribution in [0, 0.1) is 0 Å². The van der Waals surface area contributed by atoms with Gasteiger partial charge in [-0.3, -0.25) is 9.48 Å². The number of nitrogen functional groups attached to an aromatic ring is 1. The van der Waals surface area contributed by atoms with Crippen LogP contribution in [0.4, 0.5) is 5.69 Å². The second-order valence-corrected chi connectivity index (χ2v) is 5.66. The van der Waals surface area contributed by atoms with Crippen LogP contribution in [0.25, 0.3) is 0 Å². The van der Waals surface area contributed by atoms with E-state index in [0.717, 1.165) is 5.56 Å². The fraction of sp³-hybridized carbons (Fsp3) is 0.286. The van der Waals surface area contributed by atoms with Crippen molar-refractivity contribution in [2.45, 2.75) is 19.5 Å². The lowest BCUT2D eigenvalue weighted by Gasteiger charge is -2.26. The molecule has 1 atom stereocenters. The average molecular weight is 327 g/mol. The number of hydrogen-bond donors (Lipinski definition) is 1. The summed E-state index contributed by atoms with van der Waals surface area (Å²) in [6.07, 6.45) is 3.12. The molecule has 0 saturated heterocycles. The summed E-state index contributed by atoms with van der Waals surface area (Å²) in [5.74, 6) is -0.0865. The van der Waals surface area contributed by atoms with E-state index in [4.69, 9.17) is 28.9 Å². The number of carbonyl (C=O) groups is 1. The first-order chi connectivity index (χ1) is 9.88. The molecule has 1 heterocycles. The van der Waals surface area contributed by atoms with E-state index in [1.54, 1.807) is 30.3 Å². The molecule has 0 bridgehead atoms. The molecular weight excluding hydrogens is 311 g/mol. The average Bonchev–Trinajstić information content (AvgIpc) is 2.82. The summed E-state index contributed by atoms with van der Waals surface area (Å²) in [6.45, 7) is 2.04. The third-order valence-corrected chi connectivity index (χ3v) is 3.90. The first-order valence-corrected chi connectivity index (χ1v) is 7.12. The van der Waals surface area contributed by atoms with Gasteiger partial charge in [-0.25, -0.2) is 0 Å². The summed E-state index contributed by atoms with van der Waals surface area (Å²) < 4.78 is 1.50. The van der Waals surface area contributed by atoms with Crippen molar-refractivity contribution in [2.75, 3.05) is 12.8 Å². The van der Waals surface area contributed by atoms with Gasteiger partial charge < -0.3 is 10.6 Å². The molecule has 5 nitrogen and oxygen atoms in total. The summed E-state index contributed by atoms with van der Waals surface area (Å²) in [6, 6.07) is 5.08. The van der Waals surface area contributed by atoms with Gasteiger partial charge in [-0.1, -0.05) is 29.3 Å². The van der Waals surface area contributed by atoms with Crippen molar-refractivity contribution in [1.82, 2.24) is 14.7 Å². The lowest BCUT2D eigenvalue weighted by Crippen LogP contribution is -2.32. The van der Waals surface area contributed by atoms with Crippen LogP contribution >= 0.6 is 23.2 Å². The summed E-state index contributed by atoms with van der Waals surface area (Å²) in [5, 5.41) is 5.11. The van der Waals surface area contributed by atoms with E-state index in [9.17, 15) is 4.79 Å². The standard InChI is InChI=1S/C14H16Cl2N4O/c1-9(12-4-3-10(15)5-13(12)16)19(2)14(21)8-20-7-11(17)6-18-20/h3-7,9H,8,17H2,1-2H3. The van der Waals surface area contributed by atoms with Crippen molar-refractivity contribution in [1.29, 1.82) is 0 Å². The van der Waals surface area contributed by atoms with Crippen molar-refractivity contribution < 1.29 is 4.79 Å². The minimum atomic E-state index is -0.171. The number of nitrogens with zero attached hydrogens (tertiary/aromatic N) is 3. The smallest absolute Gasteiger partial charge is 0.244 e. The summed E-state index contributed by atoms with van der Waals surface area (Å²) in [7, 11) is 1.73. The second-order valence-electron chi connectivity index (χ2n) is 4.82. The van der Waals surface area contributed by atoms with Gasteiger partial charge in [-0.05, 0) is 24.6 Å². The summed E-state index contributed by atoms with van der Waals surface area (Å²) >= 11 is 12.1. The van der Waals surface area contributed by atoms with Crippen molar-refractivity contribution in [3.8, 4) is 0 Å². The van der Waals surface area contributed by atoms with Crippen LogP contribution in [0.5, 0.6) is 0 Å². The number of amides is 1. The van der Waals surface area contributed by atoms with E-state index in [0.29, 0.717) is 15.7 Å². The Kier molecular flexibility index (Phi) is 4.75. The topological polar surface area (TPSA) is 64.2 Å². The molecule has 1 aromatic heterocycles. The predicted molar refractivity (Wildman–Crippen MR) is 84.3 cm³/mol. The third kappa shape index (κ3) is 3.68. The van der Waals surface area contributed by atoms with E-state index >= 15 is 0 Å². The quantitative estimate of drug-likeness (QED) is 0.939. The zero-order valence-electron chi connectivity index (χ0n) is 11.8. The van der Waals surface area contributed by atoms with Gasteiger partial charge in [0.05, 0.1) is 17.9 Å². The molecular formula is C14H16Cl2N4O. The van der Waals surface area contributed by atoms with Crippen molar-refractivity contribution in [2.24, 2.45) is 0 Å². The molecule has 112 valence electrons. The molecule has 0 aliphatic heterocycles. The number of benzene rings is 1. The van der Waals surface area contributed by atoms with Gasteiger partial charge in [-0.15, -0.1) is 0 Å². The highest BCUT2D eigenvalue weighted by Gasteiger charge is 2.20. The van der Waals surface area contributed by atoms with Crippen molar-refractivity contribution >= 4 is 34.8 Å². The highest BCUT2D eigenvalue weighted by Crippen LogP contribution is 2.29. The Bertz CT molecular complexity index is 656. The lowest BCUT2D eigenvalue weighted by molar-refractivity contribution is -0.132. The Morgan fingerprint density at radius 3 is 2.76 bits per heavy atom. The van der Waals surface area contributed by atoms with E-state index in [1.165, 1.54) is 10.9 Å². The van der Waals surface area contributed by atoms with Crippen molar-refractivity contribution in [3.63, 3.8) is 0 Å². The van der Waals surface area contributed by atoms with Crippen molar-refractivity contribution in [3.05, 3.63) is 46.2 Å². The van der Waals surface area contributed by atoms with Gasteiger partial charge in [0, 0.05) is 23.3 Å². The van der Waals surface area contributed by atoms with Crippen LogP contribution in [-0.2, 0) is 11.3 Å². The number of likely N-dealkylation sites (N-methyl/N-ethyl adjacent to an activating group) is 1. The first-order valence-electron chi connectivity index (χ1n) is 6.37. The number of carbonyl (C=O) groups excluding carboxylic acids is 1. The van der Waals surface area contributed by atoms with Gasteiger partial charge in [0.2, 0.25) is 5.91 Å². The van der Waals surface area contributed by atoms with Crippen LogP contribution in [0.1, 0.15) is 18.5 Å². The molecule has 1 unspecified atom stereocenters.